The maximum Gasteiger partial charge on any atom is 0.110 e. The minimum atomic E-state index is 0.450. The molecule has 3 rings (SSSR count). The number of imidazole rings is 1. The highest BCUT2D eigenvalue weighted by atomic mass is 15.1. The Hall–Kier alpha value is -1.35. The summed E-state index contributed by atoms with van der Waals surface area (Å²) < 4.78 is 2.25. The summed E-state index contributed by atoms with van der Waals surface area (Å²) in [6.07, 6.45) is 2.47. The minimum absolute atomic E-state index is 0.450. The molecule has 3 nitrogen and oxygen atoms in total. The van der Waals surface area contributed by atoms with Gasteiger partial charge in [-0.1, -0.05) is 6.07 Å². The molecule has 0 spiro atoms. The number of fused-ring (bicyclic) bond motifs is 1. The molecule has 0 aliphatic carbocycles. The number of pyridine rings is 1. The van der Waals surface area contributed by atoms with E-state index in [1.54, 1.807) is 0 Å². The smallest absolute Gasteiger partial charge is 0.110 e. The molecule has 0 radical (unpaired) electrons. The lowest BCUT2D eigenvalue weighted by Crippen LogP contribution is -2.13. The van der Waals surface area contributed by atoms with Crippen molar-refractivity contribution in [2.24, 2.45) is 0 Å². The van der Waals surface area contributed by atoms with Crippen molar-refractivity contribution in [3.05, 3.63) is 35.4 Å². The molecule has 1 atom stereocenters. The van der Waals surface area contributed by atoms with Crippen LogP contribution in [-0.2, 0) is 0 Å². The Bertz CT molecular complexity index is 521. The third-order valence-electron chi connectivity index (χ3n) is 3.44. The zero-order chi connectivity index (χ0) is 11.1. The van der Waals surface area contributed by atoms with Gasteiger partial charge in [-0.2, -0.15) is 0 Å². The number of aromatic nitrogens is 2. The number of hydrogen-bond acceptors (Lipinski definition) is 2. The van der Waals surface area contributed by atoms with Crippen molar-refractivity contribution in [1.29, 1.82) is 0 Å². The van der Waals surface area contributed by atoms with Crippen molar-refractivity contribution in [2.45, 2.75) is 32.7 Å². The van der Waals surface area contributed by atoms with Crippen LogP contribution in [0.4, 0.5) is 0 Å². The third kappa shape index (κ3) is 1.35. The molecule has 0 bridgehead atoms. The summed E-state index contributed by atoms with van der Waals surface area (Å²) in [5.74, 6) is 1.09. The highest BCUT2D eigenvalue weighted by Gasteiger charge is 2.21. The van der Waals surface area contributed by atoms with E-state index in [0.29, 0.717) is 6.04 Å². The van der Waals surface area contributed by atoms with Crippen molar-refractivity contribution in [3.8, 4) is 0 Å². The molecule has 3 heterocycles. The van der Waals surface area contributed by atoms with Crippen LogP contribution in [0.1, 0.15) is 36.1 Å². The Labute approximate surface area is 95.5 Å². The molecular formula is C13H17N3. The topological polar surface area (TPSA) is 29.3 Å². The highest BCUT2D eigenvalue weighted by Crippen LogP contribution is 2.27. The van der Waals surface area contributed by atoms with Gasteiger partial charge in [-0.3, -0.25) is 0 Å². The molecule has 1 fully saturated rings. The maximum absolute atomic E-state index is 4.73. The molecule has 3 heteroatoms. The standard InChI is InChI=1S/C13H17N3/c1-9-5-3-7-12-13(11-6-4-8-14-11)15-10(2)16(9)12/h3,5,7,11,14H,4,6,8H2,1-2H3. The normalized spacial score (nSPS) is 20.8. The van der Waals surface area contributed by atoms with E-state index in [1.165, 1.54) is 29.7 Å². The third-order valence-corrected chi connectivity index (χ3v) is 3.44. The Morgan fingerprint density at radius 3 is 3.00 bits per heavy atom. The number of aryl methyl sites for hydroxylation is 2. The molecule has 0 saturated carbocycles. The quantitative estimate of drug-likeness (QED) is 0.791. The number of rotatable bonds is 1. The average Bonchev–Trinajstić information content (AvgIpc) is 2.86. The van der Waals surface area contributed by atoms with E-state index in [0.717, 1.165) is 12.4 Å². The van der Waals surface area contributed by atoms with Crippen LogP contribution >= 0.6 is 0 Å². The molecule has 1 aliphatic rings. The Morgan fingerprint density at radius 1 is 1.38 bits per heavy atom. The van der Waals surface area contributed by atoms with Gasteiger partial charge < -0.3 is 9.72 Å². The molecule has 84 valence electrons. The number of nitrogens with one attached hydrogen (secondary N) is 1. The number of nitrogens with zero attached hydrogens (tertiary/aromatic N) is 2. The summed E-state index contributed by atoms with van der Waals surface area (Å²) in [5, 5.41) is 3.52. The molecule has 0 amide bonds. The Balaban J connectivity index is 2.22. The molecule has 1 unspecified atom stereocenters. The van der Waals surface area contributed by atoms with Crippen LogP contribution in [0.5, 0.6) is 0 Å². The lowest BCUT2D eigenvalue weighted by atomic mass is 10.1. The Morgan fingerprint density at radius 2 is 2.25 bits per heavy atom. The summed E-state index contributed by atoms with van der Waals surface area (Å²) in [5.41, 5.74) is 3.74. The average molecular weight is 215 g/mol. The zero-order valence-corrected chi connectivity index (χ0v) is 9.83. The van der Waals surface area contributed by atoms with Crippen LogP contribution in [0.15, 0.2) is 18.2 Å². The predicted molar refractivity (Wildman–Crippen MR) is 64.6 cm³/mol. The van der Waals surface area contributed by atoms with Crippen LogP contribution in [0.25, 0.3) is 5.52 Å². The van der Waals surface area contributed by atoms with E-state index in [-0.39, 0.29) is 0 Å². The molecular weight excluding hydrogens is 198 g/mol. The largest absolute Gasteiger partial charge is 0.309 e. The van der Waals surface area contributed by atoms with Crippen LogP contribution in [0, 0.1) is 13.8 Å². The van der Waals surface area contributed by atoms with Gasteiger partial charge in [0.05, 0.1) is 17.3 Å². The molecule has 2 aromatic heterocycles. The fourth-order valence-corrected chi connectivity index (χ4v) is 2.70. The SMILES string of the molecule is Cc1cccc2c(C3CCCN3)nc(C)n12. The van der Waals surface area contributed by atoms with E-state index in [2.05, 4.69) is 41.8 Å². The van der Waals surface area contributed by atoms with Gasteiger partial charge in [-0.25, -0.2) is 4.98 Å². The van der Waals surface area contributed by atoms with Crippen LogP contribution in [0.2, 0.25) is 0 Å². The molecule has 1 N–H and O–H groups in total. The second kappa shape index (κ2) is 3.59. The fraction of sp³-hybridized carbons (Fsp3) is 0.462. The predicted octanol–water partition coefficient (Wildman–Crippen LogP) is 2.38. The van der Waals surface area contributed by atoms with Crippen molar-refractivity contribution in [3.63, 3.8) is 0 Å². The van der Waals surface area contributed by atoms with Crippen LogP contribution in [-0.4, -0.2) is 15.9 Å². The fourth-order valence-electron chi connectivity index (χ4n) is 2.70. The summed E-state index contributed by atoms with van der Waals surface area (Å²) in [6, 6.07) is 6.87. The molecule has 1 saturated heterocycles. The van der Waals surface area contributed by atoms with E-state index < -0.39 is 0 Å². The monoisotopic (exact) mass is 215 g/mol. The molecule has 1 aliphatic heterocycles. The summed E-state index contributed by atoms with van der Waals surface area (Å²) >= 11 is 0. The summed E-state index contributed by atoms with van der Waals surface area (Å²) in [6.45, 7) is 5.33. The van der Waals surface area contributed by atoms with Gasteiger partial charge in [-0.15, -0.1) is 0 Å². The molecule has 2 aromatic rings. The van der Waals surface area contributed by atoms with Gasteiger partial charge >= 0.3 is 0 Å². The Kier molecular flexibility index (Phi) is 2.21. The molecule has 0 aromatic carbocycles. The van der Waals surface area contributed by atoms with Gasteiger partial charge in [0.2, 0.25) is 0 Å². The van der Waals surface area contributed by atoms with E-state index in [1.807, 2.05) is 0 Å². The first-order valence-electron chi connectivity index (χ1n) is 5.95. The van der Waals surface area contributed by atoms with Crippen molar-refractivity contribution in [2.75, 3.05) is 6.54 Å². The second-order valence-electron chi connectivity index (χ2n) is 4.58. The van der Waals surface area contributed by atoms with Gasteiger partial charge in [0.25, 0.3) is 0 Å². The van der Waals surface area contributed by atoms with Gasteiger partial charge in [-0.05, 0) is 45.4 Å². The van der Waals surface area contributed by atoms with E-state index in [4.69, 9.17) is 4.98 Å². The van der Waals surface area contributed by atoms with Gasteiger partial charge in [0.1, 0.15) is 5.82 Å². The first-order chi connectivity index (χ1) is 7.77. The van der Waals surface area contributed by atoms with Gasteiger partial charge in [0, 0.05) is 5.69 Å². The van der Waals surface area contributed by atoms with Crippen molar-refractivity contribution in [1.82, 2.24) is 14.7 Å². The minimum Gasteiger partial charge on any atom is -0.309 e. The second-order valence-corrected chi connectivity index (χ2v) is 4.58. The first-order valence-corrected chi connectivity index (χ1v) is 5.95. The highest BCUT2D eigenvalue weighted by molar-refractivity contribution is 5.55. The lowest BCUT2D eigenvalue weighted by Gasteiger charge is -2.07. The summed E-state index contributed by atoms with van der Waals surface area (Å²) in [7, 11) is 0. The van der Waals surface area contributed by atoms with E-state index >= 15 is 0 Å². The zero-order valence-electron chi connectivity index (χ0n) is 9.83. The van der Waals surface area contributed by atoms with Crippen molar-refractivity contribution < 1.29 is 0 Å². The number of hydrogen-bond donors (Lipinski definition) is 1. The van der Waals surface area contributed by atoms with Crippen LogP contribution in [0.3, 0.4) is 0 Å². The lowest BCUT2D eigenvalue weighted by molar-refractivity contribution is 0.635. The summed E-state index contributed by atoms with van der Waals surface area (Å²) in [4.78, 5) is 4.73. The van der Waals surface area contributed by atoms with Crippen molar-refractivity contribution >= 4 is 5.52 Å². The first kappa shape index (κ1) is 9.85. The van der Waals surface area contributed by atoms with E-state index in [9.17, 15) is 0 Å². The van der Waals surface area contributed by atoms with Crippen LogP contribution < -0.4 is 5.32 Å². The maximum atomic E-state index is 4.73. The molecule has 16 heavy (non-hydrogen) atoms. The van der Waals surface area contributed by atoms with Gasteiger partial charge in [0.15, 0.2) is 0 Å².